The normalized spacial score (nSPS) is 10.5. The third-order valence-electron chi connectivity index (χ3n) is 3.47. The Hall–Kier alpha value is -2.66. The van der Waals surface area contributed by atoms with Crippen molar-refractivity contribution in [3.63, 3.8) is 0 Å². The number of pyridine rings is 1. The van der Waals surface area contributed by atoms with Crippen LogP contribution in [0.3, 0.4) is 0 Å². The molecule has 1 aromatic carbocycles. The van der Waals surface area contributed by atoms with Gasteiger partial charge in [0.2, 0.25) is 0 Å². The minimum Gasteiger partial charge on any atom is -0.364 e. The number of hydrogen-bond acceptors (Lipinski definition) is 5. The molecular weight excluding hydrogens is 322 g/mol. The van der Waals surface area contributed by atoms with Crippen LogP contribution in [0, 0.1) is 13.8 Å². The van der Waals surface area contributed by atoms with Crippen molar-refractivity contribution in [2.45, 2.75) is 20.4 Å². The Kier molecular flexibility index (Phi) is 4.91. The summed E-state index contributed by atoms with van der Waals surface area (Å²) in [5.74, 6) is 2.17. The molecule has 6 heteroatoms. The smallest absolute Gasteiger partial charge is 0.136 e. The van der Waals surface area contributed by atoms with Crippen LogP contribution in [0.25, 0.3) is 0 Å². The predicted molar refractivity (Wildman–Crippen MR) is 97.8 cm³/mol. The topological polar surface area (TPSA) is 62.7 Å². The van der Waals surface area contributed by atoms with E-state index in [9.17, 15) is 0 Å². The largest absolute Gasteiger partial charge is 0.364 e. The Balaban J connectivity index is 1.76. The van der Waals surface area contributed by atoms with E-state index in [1.165, 1.54) is 0 Å². The summed E-state index contributed by atoms with van der Waals surface area (Å²) in [6.45, 7) is 4.48. The van der Waals surface area contributed by atoms with Crippen molar-refractivity contribution in [3.8, 4) is 0 Å². The summed E-state index contributed by atoms with van der Waals surface area (Å²) in [5, 5.41) is 7.31. The van der Waals surface area contributed by atoms with Crippen molar-refractivity contribution < 1.29 is 0 Å². The maximum atomic E-state index is 6.00. The lowest BCUT2D eigenvalue weighted by atomic mass is 10.2. The van der Waals surface area contributed by atoms with E-state index < -0.39 is 0 Å². The molecule has 0 aliphatic heterocycles. The first kappa shape index (κ1) is 16.2. The highest BCUT2D eigenvalue weighted by Crippen LogP contribution is 2.23. The highest BCUT2D eigenvalue weighted by molar-refractivity contribution is 6.30. The maximum Gasteiger partial charge on any atom is 0.136 e. The van der Waals surface area contributed by atoms with Gasteiger partial charge in [-0.25, -0.2) is 9.97 Å². The molecule has 0 radical (unpaired) electrons. The lowest BCUT2D eigenvalue weighted by molar-refractivity contribution is 0.996. The van der Waals surface area contributed by atoms with Crippen molar-refractivity contribution in [2.75, 3.05) is 10.6 Å². The third kappa shape index (κ3) is 4.20. The molecule has 0 fully saturated rings. The highest BCUT2D eigenvalue weighted by atomic mass is 35.5. The van der Waals surface area contributed by atoms with Crippen molar-refractivity contribution in [1.82, 2.24) is 15.0 Å². The Morgan fingerprint density at radius 2 is 1.83 bits per heavy atom. The zero-order chi connectivity index (χ0) is 16.9. The van der Waals surface area contributed by atoms with Crippen LogP contribution in [-0.4, -0.2) is 15.0 Å². The van der Waals surface area contributed by atoms with Gasteiger partial charge < -0.3 is 10.6 Å². The predicted octanol–water partition coefficient (Wildman–Crippen LogP) is 4.50. The van der Waals surface area contributed by atoms with E-state index >= 15 is 0 Å². The molecule has 0 amide bonds. The quantitative estimate of drug-likeness (QED) is 0.716. The van der Waals surface area contributed by atoms with Gasteiger partial charge in [0.1, 0.15) is 17.5 Å². The van der Waals surface area contributed by atoms with Crippen molar-refractivity contribution in [1.29, 1.82) is 0 Å². The zero-order valence-electron chi connectivity index (χ0n) is 13.5. The highest BCUT2D eigenvalue weighted by Gasteiger charge is 2.05. The number of nitrogens with one attached hydrogen (secondary N) is 2. The van der Waals surface area contributed by atoms with Gasteiger partial charge in [0.25, 0.3) is 0 Å². The van der Waals surface area contributed by atoms with E-state index in [1.807, 2.05) is 56.3 Å². The molecule has 0 saturated heterocycles. The molecule has 0 saturated carbocycles. The Bertz CT molecular complexity index is 836. The first-order valence-corrected chi connectivity index (χ1v) is 8.00. The molecule has 0 unspecified atom stereocenters. The molecule has 0 spiro atoms. The van der Waals surface area contributed by atoms with Crippen LogP contribution in [0.4, 0.5) is 17.3 Å². The van der Waals surface area contributed by atoms with Crippen molar-refractivity contribution in [2.24, 2.45) is 0 Å². The molecule has 3 aromatic rings. The number of rotatable bonds is 5. The summed E-state index contributed by atoms with van der Waals surface area (Å²) in [4.78, 5) is 13.1. The summed E-state index contributed by atoms with van der Waals surface area (Å²) in [6, 6.07) is 13.4. The van der Waals surface area contributed by atoms with Crippen LogP contribution in [0.2, 0.25) is 5.02 Å². The van der Waals surface area contributed by atoms with E-state index in [-0.39, 0.29) is 0 Å². The molecule has 0 atom stereocenters. The summed E-state index contributed by atoms with van der Waals surface area (Å²) in [6.07, 6.45) is 1.78. The maximum absolute atomic E-state index is 6.00. The van der Waals surface area contributed by atoms with Crippen LogP contribution >= 0.6 is 11.6 Å². The van der Waals surface area contributed by atoms with Crippen molar-refractivity contribution in [3.05, 3.63) is 70.8 Å². The van der Waals surface area contributed by atoms with Crippen LogP contribution < -0.4 is 10.6 Å². The monoisotopic (exact) mass is 339 g/mol. The summed E-state index contributed by atoms with van der Waals surface area (Å²) in [5.41, 5.74) is 2.98. The molecule has 122 valence electrons. The fraction of sp³-hybridized carbons (Fsp3) is 0.167. The lowest BCUT2D eigenvalue weighted by Gasteiger charge is -2.12. The van der Waals surface area contributed by atoms with Crippen LogP contribution in [-0.2, 0) is 6.54 Å². The second-order valence-corrected chi connectivity index (χ2v) is 5.88. The second-order valence-electron chi connectivity index (χ2n) is 5.44. The van der Waals surface area contributed by atoms with Gasteiger partial charge >= 0.3 is 0 Å². The molecule has 2 heterocycles. The SMILES string of the molecule is Cc1nc(NCc2ccccn2)cc(Nc2ccc(Cl)cc2C)n1. The van der Waals surface area contributed by atoms with Gasteiger partial charge in [0.15, 0.2) is 0 Å². The van der Waals surface area contributed by atoms with Gasteiger partial charge in [-0.15, -0.1) is 0 Å². The van der Waals surface area contributed by atoms with Crippen LogP contribution in [0.1, 0.15) is 17.1 Å². The van der Waals surface area contributed by atoms with Gasteiger partial charge in [0, 0.05) is 23.0 Å². The zero-order valence-corrected chi connectivity index (χ0v) is 14.3. The average Bonchev–Trinajstić information content (AvgIpc) is 2.56. The average molecular weight is 340 g/mol. The Morgan fingerprint density at radius 3 is 2.58 bits per heavy atom. The molecular formula is C18H18ClN5. The van der Waals surface area contributed by atoms with E-state index in [0.717, 1.165) is 33.6 Å². The minimum absolute atomic E-state index is 0.608. The van der Waals surface area contributed by atoms with Crippen LogP contribution in [0.15, 0.2) is 48.7 Å². The van der Waals surface area contributed by atoms with Gasteiger partial charge in [0.05, 0.1) is 12.2 Å². The van der Waals surface area contributed by atoms with E-state index in [0.29, 0.717) is 12.4 Å². The summed E-state index contributed by atoms with van der Waals surface area (Å²) >= 11 is 6.00. The molecule has 2 N–H and O–H groups in total. The first-order valence-electron chi connectivity index (χ1n) is 7.63. The Labute approximate surface area is 146 Å². The molecule has 0 aliphatic carbocycles. The number of halogens is 1. The molecule has 2 aromatic heterocycles. The van der Waals surface area contributed by atoms with Crippen molar-refractivity contribution >= 4 is 28.9 Å². The van der Waals surface area contributed by atoms with Gasteiger partial charge in [-0.05, 0) is 49.7 Å². The summed E-state index contributed by atoms with van der Waals surface area (Å²) < 4.78 is 0. The fourth-order valence-electron chi connectivity index (χ4n) is 2.31. The summed E-state index contributed by atoms with van der Waals surface area (Å²) in [7, 11) is 0. The number of hydrogen-bond donors (Lipinski definition) is 2. The number of benzene rings is 1. The number of aromatic nitrogens is 3. The second kappa shape index (κ2) is 7.27. The van der Waals surface area contributed by atoms with E-state index in [1.54, 1.807) is 6.20 Å². The molecule has 5 nitrogen and oxygen atoms in total. The van der Waals surface area contributed by atoms with Gasteiger partial charge in [-0.1, -0.05) is 17.7 Å². The third-order valence-corrected chi connectivity index (χ3v) is 3.70. The van der Waals surface area contributed by atoms with E-state index in [4.69, 9.17) is 11.6 Å². The lowest BCUT2D eigenvalue weighted by Crippen LogP contribution is -2.06. The number of aryl methyl sites for hydroxylation is 2. The standard InChI is InChI=1S/C18H18ClN5/c1-12-9-14(19)6-7-16(12)24-18-10-17(22-13(2)23-18)21-11-15-5-3-4-8-20-15/h3-10H,11H2,1-2H3,(H2,21,22,23,24). The Morgan fingerprint density at radius 1 is 1.00 bits per heavy atom. The fourth-order valence-corrected chi connectivity index (χ4v) is 2.54. The molecule has 3 rings (SSSR count). The molecule has 24 heavy (non-hydrogen) atoms. The van der Waals surface area contributed by atoms with Gasteiger partial charge in [-0.2, -0.15) is 0 Å². The first-order chi connectivity index (χ1) is 11.6. The molecule has 0 aliphatic rings. The number of nitrogens with zero attached hydrogens (tertiary/aromatic N) is 3. The number of anilines is 3. The van der Waals surface area contributed by atoms with Crippen LogP contribution in [0.5, 0.6) is 0 Å². The van der Waals surface area contributed by atoms with E-state index in [2.05, 4.69) is 25.6 Å². The molecule has 0 bridgehead atoms. The van der Waals surface area contributed by atoms with Gasteiger partial charge in [-0.3, -0.25) is 4.98 Å². The minimum atomic E-state index is 0.608.